The maximum absolute atomic E-state index is 12.5. The van der Waals surface area contributed by atoms with Crippen molar-refractivity contribution in [2.24, 2.45) is 17.8 Å². The molecule has 0 radical (unpaired) electrons. The smallest absolute Gasteiger partial charge is 0.242 e. The zero-order valence-corrected chi connectivity index (χ0v) is 17.0. The number of thioether (sulfide) groups is 1. The molecule has 0 aromatic carbocycles. The highest BCUT2D eigenvalue weighted by molar-refractivity contribution is 8.00. The van der Waals surface area contributed by atoms with E-state index in [-0.39, 0.29) is 41.1 Å². The molecule has 2 amide bonds. The number of hydrogen-bond acceptors (Lipinski definition) is 5. The van der Waals surface area contributed by atoms with Crippen molar-refractivity contribution in [1.29, 1.82) is 0 Å². The van der Waals surface area contributed by atoms with Gasteiger partial charge in [-0.05, 0) is 31.6 Å². The van der Waals surface area contributed by atoms with Gasteiger partial charge in [-0.1, -0.05) is 20.8 Å². The van der Waals surface area contributed by atoms with Crippen LogP contribution in [0.3, 0.4) is 0 Å². The van der Waals surface area contributed by atoms with Crippen LogP contribution in [0, 0.1) is 17.8 Å². The molecule has 1 saturated heterocycles. The Morgan fingerprint density at radius 1 is 1.15 bits per heavy atom. The van der Waals surface area contributed by atoms with E-state index >= 15 is 0 Å². The van der Waals surface area contributed by atoms with Gasteiger partial charge in [-0.15, -0.1) is 11.8 Å². The molecule has 0 N–H and O–H groups in total. The highest BCUT2D eigenvalue weighted by atomic mass is 32.2. The van der Waals surface area contributed by atoms with Gasteiger partial charge in [-0.3, -0.25) is 24.1 Å². The maximum Gasteiger partial charge on any atom is 0.242 e. The number of amides is 2. The van der Waals surface area contributed by atoms with E-state index in [1.54, 1.807) is 0 Å². The van der Waals surface area contributed by atoms with E-state index in [9.17, 15) is 19.2 Å². The van der Waals surface area contributed by atoms with Crippen molar-refractivity contribution in [2.45, 2.75) is 71.0 Å². The van der Waals surface area contributed by atoms with Gasteiger partial charge in [0.05, 0.1) is 5.25 Å². The number of carbonyl (C=O) groups is 4. The Bertz CT molecular complexity index is 552. The molecule has 2 rings (SSSR count). The quantitative estimate of drug-likeness (QED) is 0.573. The third kappa shape index (κ3) is 5.41. The molecule has 1 unspecified atom stereocenters. The Morgan fingerprint density at radius 2 is 1.81 bits per heavy atom. The summed E-state index contributed by atoms with van der Waals surface area (Å²) in [5.74, 6) is 1.50. The first-order valence-corrected chi connectivity index (χ1v) is 10.9. The van der Waals surface area contributed by atoms with Crippen molar-refractivity contribution >= 4 is 35.1 Å². The van der Waals surface area contributed by atoms with Crippen LogP contribution >= 0.6 is 11.8 Å². The van der Waals surface area contributed by atoms with Crippen molar-refractivity contribution in [3.63, 3.8) is 0 Å². The summed E-state index contributed by atoms with van der Waals surface area (Å²) in [6.45, 7) is 6.22. The highest BCUT2D eigenvalue weighted by Gasteiger charge is 2.40. The maximum atomic E-state index is 12.5. The minimum absolute atomic E-state index is 0.0793. The molecule has 2 fully saturated rings. The van der Waals surface area contributed by atoms with E-state index in [1.165, 1.54) is 16.7 Å². The van der Waals surface area contributed by atoms with E-state index in [2.05, 4.69) is 0 Å². The number of ketones is 2. The minimum Gasteiger partial charge on any atom is -0.300 e. The van der Waals surface area contributed by atoms with Crippen molar-refractivity contribution in [3.8, 4) is 0 Å². The van der Waals surface area contributed by atoms with Gasteiger partial charge >= 0.3 is 0 Å². The van der Waals surface area contributed by atoms with Crippen LogP contribution in [0.1, 0.15) is 65.7 Å². The SMILES string of the molecule is CCC(=O)CCSC1CC(=O)N(CC2CCC(C(=O)C(C)C)CC2)C1=O. The van der Waals surface area contributed by atoms with Crippen LogP contribution < -0.4 is 0 Å². The predicted octanol–water partition coefficient (Wildman–Crippen LogP) is 3.25. The van der Waals surface area contributed by atoms with Gasteiger partial charge in [-0.25, -0.2) is 0 Å². The predicted molar refractivity (Wildman–Crippen MR) is 103 cm³/mol. The summed E-state index contributed by atoms with van der Waals surface area (Å²) in [7, 11) is 0. The van der Waals surface area contributed by atoms with E-state index in [1.807, 2.05) is 20.8 Å². The number of hydrogen-bond donors (Lipinski definition) is 0. The summed E-state index contributed by atoms with van der Waals surface area (Å²) in [4.78, 5) is 49.7. The van der Waals surface area contributed by atoms with Gasteiger partial charge in [0.2, 0.25) is 11.8 Å². The van der Waals surface area contributed by atoms with Gasteiger partial charge in [0, 0.05) is 43.4 Å². The summed E-state index contributed by atoms with van der Waals surface area (Å²) in [6.07, 6.45) is 4.79. The lowest BCUT2D eigenvalue weighted by molar-refractivity contribution is -0.139. The molecule has 1 aliphatic carbocycles. The van der Waals surface area contributed by atoms with Crippen LogP contribution in [0.2, 0.25) is 0 Å². The molecular formula is C20H31NO4S. The van der Waals surface area contributed by atoms with E-state index < -0.39 is 0 Å². The normalized spacial score (nSPS) is 26.6. The average Bonchev–Trinajstić information content (AvgIpc) is 2.89. The lowest BCUT2D eigenvalue weighted by atomic mass is 9.77. The van der Waals surface area contributed by atoms with Gasteiger partial charge in [-0.2, -0.15) is 0 Å². The Kier molecular flexibility index (Phi) is 7.86. The van der Waals surface area contributed by atoms with Crippen LogP contribution in [-0.2, 0) is 19.2 Å². The Morgan fingerprint density at radius 3 is 2.38 bits per heavy atom. The summed E-state index contributed by atoms with van der Waals surface area (Å²) < 4.78 is 0. The van der Waals surface area contributed by atoms with E-state index in [4.69, 9.17) is 0 Å². The molecule has 1 aliphatic heterocycles. The van der Waals surface area contributed by atoms with Crippen LogP contribution in [0.5, 0.6) is 0 Å². The Balaban J connectivity index is 1.79. The second-order valence-corrected chi connectivity index (χ2v) is 9.13. The first kappa shape index (κ1) is 21.1. The van der Waals surface area contributed by atoms with E-state index in [0.717, 1.165) is 25.7 Å². The van der Waals surface area contributed by atoms with Gasteiger partial charge in [0.25, 0.3) is 0 Å². The number of imide groups is 1. The lowest BCUT2D eigenvalue weighted by Gasteiger charge is -2.30. The molecule has 0 aromatic heterocycles. The lowest BCUT2D eigenvalue weighted by Crippen LogP contribution is -2.37. The summed E-state index contributed by atoms with van der Waals surface area (Å²) in [5, 5.41) is -0.328. The van der Waals surface area contributed by atoms with Crippen LogP contribution in [0.25, 0.3) is 0 Å². The Hall–Kier alpha value is -1.17. The average molecular weight is 382 g/mol. The molecule has 1 saturated carbocycles. The second kappa shape index (κ2) is 9.67. The van der Waals surface area contributed by atoms with E-state index in [0.29, 0.717) is 36.8 Å². The van der Waals surface area contributed by atoms with Gasteiger partial charge < -0.3 is 0 Å². The fraction of sp³-hybridized carbons (Fsp3) is 0.800. The molecule has 1 heterocycles. The van der Waals surface area contributed by atoms with Crippen LogP contribution in [-0.4, -0.2) is 45.8 Å². The molecule has 26 heavy (non-hydrogen) atoms. The number of likely N-dealkylation sites (tertiary alicyclic amines) is 1. The summed E-state index contributed by atoms with van der Waals surface area (Å²) in [5.41, 5.74) is 0. The number of Topliss-reactive ketones (excluding diaryl/α,β-unsaturated/α-hetero) is 2. The number of rotatable bonds is 9. The zero-order valence-electron chi connectivity index (χ0n) is 16.2. The van der Waals surface area contributed by atoms with Gasteiger partial charge in [0.1, 0.15) is 11.6 Å². The molecule has 0 spiro atoms. The van der Waals surface area contributed by atoms with Crippen LogP contribution in [0.15, 0.2) is 0 Å². The first-order chi connectivity index (χ1) is 12.3. The molecule has 146 valence electrons. The van der Waals surface area contributed by atoms with Crippen molar-refractivity contribution in [2.75, 3.05) is 12.3 Å². The summed E-state index contributed by atoms with van der Waals surface area (Å²) in [6, 6.07) is 0. The fourth-order valence-corrected chi connectivity index (χ4v) is 4.99. The molecule has 5 nitrogen and oxygen atoms in total. The molecule has 2 aliphatic rings. The molecule has 0 bridgehead atoms. The Labute approximate surface area is 160 Å². The summed E-state index contributed by atoms with van der Waals surface area (Å²) >= 11 is 1.44. The molecule has 0 aromatic rings. The number of nitrogens with zero attached hydrogens (tertiary/aromatic N) is 1. The third-order valence-electron chi connectivity index (χ3n) is 5.56. The van der Waals surface area contributed by atoms with Crippen molar-refractivity contribution in [3.05, 3.63) is 0 Å². The van der Waals surface area contributed by atoms with Gasteiger partial charge in [0.15, 0.2) is 0 Å². The largest absolute Gasteiger partial charge is 0.300 e. The second-order valence-electron chi connectivity index (χ2n) is 7.82. The van der Waals surface area contributed by atoms with Crippen molar-refractivity contribution in [1.82, 2.24) is 4.90 Å². The fourth-order valence-electron chi connectivity index (χ4n) is 3.83. The minimum atomic E-state index is -0.328. The standard InChI is InChI=1S/C20H31NO4S/c1-4-16(22)9-10-26-17-11-18(23)21(20(17)25)12-14-5-7-15(8-6-14)19(24)13(2)3/h13-15,17H,4-12H2,1-3H3. The monoisotopic (exact) mass is 381 g/mol. The first-order valence-electron chi connectivity index (χ1n) is 9.84. The topological polar surface area (TPSA) is 71.5 Å². The molecule has 1 atom stereocenters. The molecular weight excluding hydrogens is 350 g/mol. The number of carbonyl (C=O) groups excluding carboxylic acids is 4. The highest BCUT2D eigenvalue weighted by Crippen LogP contribution is 2.33. The van der Waals surface area contributed by atoms with Crippen molar-refractivity contribution < 1.29 is 19.2 Å². The molecule has 6 heteroatoms. The zero-order chi connectivity index (χ0) is 19.3. The third-order valence-corrected chi connectivity index (χ3v) is 6.77. The van der Waals surface area contributed by atoms with Crippen LogP contribution in [0.4, 0.5) is 0 Å².